The van der Waals surface area contributed by atoms with Crippen molar-refractivity contribution in [3.63, 3.8) is 0 Å². The molecule has 4 atom stereocenters. The summed E-state index contributed by atoms with van der Waals surface area (Å²) < 4.78 is 11.4. The van der Waals surface area contributed by atoms with Gasteiger partial charge in [-0.25, -0.2) is 0 Å². The van der Waals surface area contributed by atoms with E-state index in [1.807, 2.05) is 36.4 Å². The molecule has 4 N–H and O–H groups in total. The Morgan fingerprint density at radius 1 is 1.22 bits per heavy atom. The van der Waals surface area contributed by atoms with Gasteiger partial charge >= 0.3 is 0 Å². The van der Waals surface area contributed by atoms with Gasteiger partial charge in [0.15, 0.2) is 0 Å². The molecular formula is C27H27N5O5. The second-order valence-corrected chi connectivity index (χ2v) is 9.23. The maximum atomic E-state index is 13.5. The van der Waals surface area contributed by atoms with E-state index >= 15 is 0 Å². The zero-order valence-corrected chi connectivity index (χ0v) is 20.2. The molecule has 1 saturated heterocycles. The van der Waals surface area contributed by atoms with Crippen molar-refractivity contribution >= 4 is 28.6 Å². The number of para-hydroxylation sites is 1. The summed E-state index contributed by atoms with van der Waals surface area (Å²) >= 11 is 0. The lowest BCUT2D eigenvalue weighted by atomic mass is 9.98. The van der Waals surface area contributed by atoms with Crippen LogP contribution in [0.3, 0.4) is 0 Å². The van der Waals surface area contributed by atoms with E-state index in [0.717, 1.165) is 16.5 Å². The molecule has 190 valence electrons. The van der Waals surface area contributed by atoms with Gasteiger partial charge in [-0.3, -0.25) is 14.4 Å². The van der Waals surface area contributed by atoms with E-state index in [1.54, 1.807) is 19.2 Å². The zero-order valence-electron chi connectivity index (χ0n) is 20.2. The van der Waals surface area contributed by atoms with Crippen molar-refractivity contribution in [2.24, 2.45) is 5.92 Å². The van der Waals surface area contributed by atoms with E-state index < -0.39 is 30.0 Å². The first-order valence-electron chi connectivity index (χ1n) is 12.2. The van der Waals surface area contributed by atoms with Crippen LogP contribution in [-0.4, -0.2) is 54.5 Å². The number of benzene rings is 2. The van der Waals surface area contributed by atoms with Crippen LogP contribution in [0.4, 0.5) is 0 Å². The molecule has 4 unspecified atom stereocenters. The number of hydrogen-bond donors (Lipinski definition) is 4. The quantitative estimate of drug-likeness (QED) is 0.370. The van der Waals surface area contributed by atoms with Crippen molar-refractivity contribution < 1.29 is 23.9 Å². The highest BCUT2D eigenvalue weighted by molar-refractivity contribution is 6.01. The van der Waals surface area contributed by atoms with Gasteiger partial charge in [-0.2, -0.15) is 5.26 Å². The van der Waals surface area contributed by atoms with Crippen LogP contribution in [0.2, 0.25) is 0 Å². The fourth-order valence-electron chi connectivity index (χ4n) is 4.93. The number of nitriles is 1. The van der Waals surface area contributed by atoms with Gasteiger partial charge in [0.1, 0.15) is 35.4 Å². The number of carbonyl (C=O) groups is 3. The van der Waals surface area contributed by atoms with Crippen molar-refractivity contribution in [2.75, 3.05) is 13.7 Å². The molecule has 0 radical (unpaired) electrons. The molecule has 2 aromatic carbocycles. The van der Waals surface area contributed by atoms with Crippen LogP contribution in [0.15, 0.2) is 48.5 Å². The van der Waals surface area contributed by atoms with Gasteiger partial charge in [-0.05, 0) is 42.7 Å². The SMILES string of the molecule is COc1cccc2[nH]c(C(=O)NC(C(=O)NC(C#N)CC3CCNC3=O)C3Cc4ccccc4O3)cc12. The summed E-state index contributed by atoms with van der Waals surface area (Å²) in [6.45, 7) is 0.553. The standard InChI is InChI=1S/C27H27N5O5/c1-36-22-8-4-6-19-18(22)13-20(31-19)26(34)32-24(23-12-15-5-2-3-7-21(15)37-23)27(35)30-17(14-28)11-16-9-10-29-25(16)33/h2-8,13,16-17,23-24,31H,9-12H2,1H3,(H,29,33)(H,30,35)(H,32,34). The summed E-state index contributed by atoms with van der Waals surface area (Å²) in [4.78, 5) is 41.8. The molecule has 10 heteroatoms. The fourth-order valence-corrected chi connectivity index (χ4v) is 4.93. The third-order valence-corrected chi connectivity index (χ3v) is 6.86. The van der Waals surface area contributed by atoms with E-state index in [-0.39, 0.29) is 23.9 Å². The number of aromatic amines is 1. The predicted molar refractivity (Wildman–Crippen MR) is 134 cm³/mol. The summed E-state index contributed by atoms with van der Waals surface area (Å²) in [6, 6.07) is 14.6. The maximum Gasteiger partial charge on any atom is 0.268 e. The Balaban J connectivity index is 1.37. The van der Waals surface area contributed by atoms with Gasteiger partial charge in [0.05, 0.1) is 13.2 Å². The number of ether oxygens (including phenoxy) is 2. The molecule has 3 aromatic rings. The summed E-state index contributed by atoms with van der Waals surface area (Å²) in [5.74, 6) is -0.250. The first-order chi connectivity index (χ1) is 18.0. The first-order valence-corrected chi connectivity index (χ1v) is 12.2. The highest BCUT2D eigenvalue weighted by atomic mass is 16.5. The van der Waals surface area contributed by atoms with E-state index in [9.17, 15) is 19.6 Å². The number of aromatic nitrogens is 1. The van der Waals surface area contributed by atoms with Crippen molar-refractivity contribution in [3.8, 4) is 17.6 Å². The number of nitrogens with one attached hydrogen (secondary N) is 4. The number of H-pyrrole nitrogens is 1. The van der Waals surface area contributed by atoms with Gasteiger partial charge in [-0.1, -0.05) is 24.3 Å². The molecule has 1 aromatic heterocycles. The molecule has 2 aliphatic rings. The Morgan fingerprint density at radius 2 is 2.05 bits per heavy atom. The lowest BCUT2D eigenvalue weighted by Crippen LogP contribution is -2.56. The molecule has 0 spiro atoms. The van der Waals surface area contributed by atoms with Gasteiger partial charge in [-0.15, -0.1) is 0 Å². The average molecular weight is 502 g/mol. The smallest absolute Gasteiger partial charge is 0.268 e. The minimum absolute atomic E-state index is 0.122. The van der Waals surface area contributed by atoms with Gasteiger partial charge in [0.2, 0.25) is 11.8 Å². The van der Waals surface area contributed by atoms with E-state index in [4.69, 9.17) is 9.47 Å². The lowest BCUT2D eigenvalue weighted by Gasteiger charge is -2.25. The van der Waals surface area contributed by atoms with Crippen LogP contribution in [0.1, 0.15) is 28.9 Å². The van der Waals surface area contributed by atoms with E-state index in [1.165, 1.54) is 0 Å². The fraction of sp³-hybridized carbons (Fsp3) is 0.333. The topological polar surface area (TPSA) is 145 Å². The second kappa shape index (κ2) is 10.2. The highest BCUT2D eigenvalue weighted by Gasteiger charge is 2.38. The Bertz CT molecular complexity index is 1370. The van der Waals surface area contributed by atoms with Crippen LogP contribution in [-0.2, 0) is 16.0 Å². The molecule has 2 aliphatic heterocycles. The number of methoxy groups -OCH3 is 1. The van der Waals surface area contributed by atoms with Crippen molar-refractivity contribution in [1.29, 1.82) is 5.26 Å². The Morgan fingerprint density at radius 3 is 2.78 bits per heavy atom. The molecule has 3 heterocycles. The minimum atomic E-state index is -1.08. The molecule has 3 amide bonds. The lowest BCUT2D eigenvalue weighted by molar-refractivity contribution is -0.126. The predicted octanol–water partition coefficient (Wildman–Crippen LogP) is 1.81. The molecule has 5 rings (SSSR count). The summed E-state index contributed by atoms with van der Waals surface area (Å²) in [6.07, 6.45) is 0.548. The number of amides is 3. The Labute approximate surface area is 213 Å². The molecule has 0 saturated carbocycles. The zero-order chi connectivity index (χ0) is 25.9. The minimum Gasteiger partial charge on any atom is -0.496 e. The average Bonchev–Trinajstić information content (AvgIpc) is 3.64. The number of rotatable bonds is 8. The number of nitrogens with zero attached hydrogens (tertiary/aromatic N) is 1. The van der Waals surface area contributed by atoms with Gasteiger partial charge in [0, 0.05) is 29.8 Å². The summed E-state index contributed by atoms with van der Waals surface area (Å²) in [5.41, 5.74) is 1.90. The Hall–Kier alpha value is -4.52. The van der Waals surface area contributed by atoms with Gasteiger partial charge < -0.3 is 30.4 Å². The van der Waals surface area contributed by atoms with Crippen LogP contribution in [0.5, 0.6) is 11.5 Å². The first kappa shape index (κ1) is 24.2. The molecule has 0 bridgehead atoms. The van der Waals surface area contributed by atoms with Crippen LogP contribution < -0.4 is 25.4 Å². The van der Waals surface area contributed by atoms with Crippen LogP contribution in [0, 0.1) is 17.2 Å². The normalized spacial score (nSPS) is 19.7. The Kier molecular flexibility index (Phi) is 6.68. The van der Waals surface area contributed by atoms with Crippen molar-refractivity contribution in [1.82, 2.24) is 20.9 Å². The molecule has 1 fully saturated rings. The largest absolute Gasteiger partial charge is 0.496 e. The molecular weight excluding hydrogens is 474 g/mol. The third kappa shape index (κ3) is 4.93. The maximum absolute atomic E-state index is 13.5. The van der Waals surface area contributed by atoms with E-state index in [2.05, 4.69) is 27.0 Å². The second-order valence-electron chi connectivity index (χ2n) is 9.23. The summed E-state index contributed by atoms with van der Waals surface area (Å²) in [5, 5.41) is 18.7. The summed E-state index contributed by atoms with van der Waals surface area (Å²) in [7, 11) is 1.55. The number of fused-ring (bicyclic) bond motifs is 2. The molecule has 0 aliphatic carbocycles. The van der Waals surface area contributed by atoms with Gasteiger partial charge in [0.25, 0.3) is 5.91 Å². The van der Waals surface area contributed by atoms with Crippen molar-refractivity contribution in [3.05, 3.63) is 59.8 Å². The van der Waals surface area contributed by atoms with Crippen LogP contribution >= 0.6 is 0 Å². The molecule has 37 heavy (non-hydrogen) atoms. The van der Waals surface area contributed by atoms with Crippen molar-refractivity contribution in [2.45, 2.75) is 37.5 Å². The molecule has 10 nitrogen and oxygen atoms in total. The monoisotopic (exact) mass is 501 g/mol. The number of carbonyl (C=O) groups excluding carboxylic acids is 3. The highest BCUT2D eigenvalue weighted by Crippen LogP contribution is 2.30. The van der Waals surface area contributed by atoms with Crippen LogP contribution in [0.25, 0.3) is 10.9 Å². The number of hydrogen-bond acceptors (Lipinski definition) is 6. The van der Waals surface area contributed by atoms with E-state index in [0.29, 0.717) is 30.9 Å². The third-order valence-electron chi connectivity index (χ3n) is 6.86.